The standard InChI is InChI=1S/C29H54N2O7S2/c1-24(2)12-10-15-30-27(32)37-19-9-8-18-36-26(5)39-40-29(6,7)14-20-38-28(33)31-16-21-35-23-22-34-17-11-13-25(3)4/h24-26H,8-9,11,13-23H2,1-7H3,(H,30,32)(H,31,33)/t26-/m1/s1. The zero-order valence-electron chi connectivity index (χ0n) is 25.8. The number of carbonyl (C=O) groups excluding carboxylic acids is 2. The van der Waals surface area contributed by atoms with E-state index in [2.05, 4.69) is 50.2 Å². The van der Waals surface area contributed by atoms with Crippen molar-refractivity contribution in [2.75, 3.05) is 59.3 Å². The zero-order valence-corrected chi connectivity index (χ0v) is 27.4. The summed E-state index contributed by atoms with van der Waals surface area (Å²) in [5.74, 6) is 6.85. The molecule has 11 heteroatoms. The summed E-state index contributed by atoms with van der Waals surface area (Å²) in [4.78, 5) is 23.5. The molecule has 0 saturated heterocycles. The summed E-state index contributed by atoms with van der Waals surface area (Å²) in [5, 5.41) is 5.32. The van der Waals surface area contributed by atoms with E-state index < -0.39 is 12.2 Å². The van der Waals surface area contributed by atoms with Crippen molar-refractivity contribution in [1.29, 1.82) is 0 Å². The molecular weight excluding hydrogens is 552 g/mol. The lowest BCUT2D eigenvalue weighted by molar-refractivity contribution is 0.0462. The van der Waals surface area contributed by atoms with Gasteiger partial charge in [-0.1, -0.05) is 61.1 Å². The highest BCUT2D eigenvalue weighted by Crippen LogP contribution is 2.40. The van der Waals surface area contributed by atoms with E-state index in [1.807, 2.05) is 20.8 Å². The van der Waals surface area contributed by atoms with Gasteiger partial charge in [-0.3, -0.25) is 0 Å². The van der Waals surface area contributed by atoms with Gasteiger partial charge >= 0.3 is 12.2 Å². The maximum Gasteiger partial charge on any atom is 0.407 e. The maximum atomic E-state index is 11.9. The molecule has 0 aliphatic heterocycles. The molecule has 9 nitrogen and oxygen atoms in total. The van der Waals surface area contributed by atoms with Crippen molar-refractivity contribution >= 4 is 33.8 Å². The molecule has 0 unspecified atom stereocenters. The van der Waals surface area contributed by atoms with Crippen LogP contribution < -0.4 is 10.6 Å². The van der Waals surface area contributed by atoms with Crippen LogP contribution in [0.3, 0.4) is 0 Å². The lowest BCUT2D eigenvalue weighted by Gasteiger charge is -2.24. The van der Waals surface area contributed by atoms with Crippen LogP contribution in [0.5, 0.6) is 0 Å². The molecule has 234 valence electrons. The third-order valence-corrected chi connectivity index (χ3v) is 8.75. The van der Waals surface area contributed by atoms with Gasteiger partial charge in [0, 0.05) is 30.4 Å². The van der Waals surface area contributed by atoms with E-state index in [1.165, 1.54) is 6.42 Å². The van der Waals surface area contributed by atoms with Crippen molar-refractivity contribution < 1.29 is 33.3 Å². The molecule has 0 heterocycles. The SMILES string of the molecule is CC(C)C#CCNC(=O)OCCCCO[C@@H](C)SSC(C)(C)CCOC(=O)NCCOCCOCCCC(C)C. The fourth-order valence-corrected chi connectivity index (χ4v) is 5.21. The van der Waals surface area contributed by atoms with Gasteiger partial charge in [0.2, 0.25) is 0 Å². The molecule has 0 aromatic carbocycles. The highest BCUT2D eigenvalue weighted by molar-refractivity contribution is 8.77. The number of amides is 2. The van der Waals surface area contributed by atoms with Gasteiger partial charge in [-0.05, 0) is 58.8 Å². The first-order chi connectivity index (χ1) is 19.0. The van der Waals surface area contributed by atoms with Crippen LogP contribution in [0.4, 0.5) is 9.59 Å². The minimum atomic E-state index is -0.443. The molecule has 0 bridgehead atoms. The fourth-order valence-electron chi connectivity index (χ4n) is 2.89. The van der Waals surface area contributed by atoms with Crippen molar-refractivity contribution in [1.82, 2.24) is 10.6 Å². The molecule has 0 spiro atoms. The summed E-state index contributed by atoms with van der Waals surface area (Å²) in [6, 6.07) is 0. The van der Waals surface area contributed by atoms with Gasteiger partial charge in [0.15, 0.2) is 0 Å². The van der Waals surface area contributed by atoms with Crippen molar-refractivity contribution in [2.45, 2.75) is 90.8 Å². The first-order valence-electron chi connectivity index (χ1n) is 14.4. The van der Waals surface area contributed by atoms with E-state index in [0.717, 1.165) is 32.3 Å². The number of alkyl carbamates (subject to hydrolysis) is 2. The van der Waals surface area contributed by atoms with Gasteiger partial charge in [-0.25, -0.2) is 9.59 Å². The van der Waals surface area contributed by atoms with Crippen molar-refractivity contribution in [3.63, 3.8) is 0 Å². The second kappa shape index (κ2) is 25.4. The molecule has 40 heavy (non-hydrogen) atoms. The molecular formula is C29H54N2O7S2. The van der Waals surface area contributed by atoms with E-state index in [4.69, 9.17) is 23.7 Å². The summed E-state index contributed by atoms with van der Waals surface area (Å²) < 4.78 is 27.2. The predicted molar refractivity (Wildman–Crippen MR) is 166 cm³/mol. The third kappa shape index (κ3) is 28.2. The second-order valence-electron chi connectivity index (χ2n) is 10.6. The van der Waals surface area contributed by atoms with Crippen molar-refractivity contribution in [3.8, 4) is 11.8 Å². The number of rotatable bonds is 23. The van der Waals surface area contributed by atoms with Gasteiger partial charge in [0.25, 0.3) is 0 Å². The third-order valence-electron chi connectivity index (χ3n) is 5.14. The first kappa shape index (κ1) is 38.7. The first-order valence-corrected chi connectivity index (χ1v) is 16.6. The Morgan fingerprint density at radius 1 is 0.800 bits per heavy atom. The van der Waals surface area contributed by atoms with Gasteiger partial charge < -0.3 is 34.3 Å². The molecule has 0 rings (SSSR count). The van der Waals surface area contributed by atoms with Gasteiger partial charge in [-0.15, -0.1) is 0 Å². The summed E-state index contributed by atoms with van der Waals surface area (Å²) in [6.07, 6.45) is 3.63. The highest BCUT2D eigenvalue weighted by Gasteiger charge is 2.21. The molecule has 0 radical (unpaired) electrons. The Balaban J connectivity index is 3.67. The van der Waals surface area contributed by atoms with Gasteiger partial charge in [-0.2, -0.15) is 0 Å². The minimum Gasteiger partial charge on any atom is -0.450 e. The van der Waals surface area contributed by atoms with Crippen molar-refractivity contribution in [2.24, 2.45) is 11.8 Å². The quantitative estimate of drug-likeness (QED) is 0.0603. The van der Waals surface area contributed by atoms with Gasteiger partial charge in [0.1, 0.15) is 5.44 Å². The molecule has 2 N–H and O–H groups in total. The van der Waals surface area contributed by atoms with E-state index in [-0.39, 0.29) is 16.1 Å². The fraction of sp³-hybridized carbons (Fsp3) is 0.862. The van der Waals surface area contributed by atoms with Crippen LogP contribution in [0.15, 0.2) is 0 Å². The van der Waals surface area contributed by atoms with E-state index in [9.17, 15) is 9.59 Å². The minimum absolute atomic E-state index is 0.0164. The number of unbranched alkanes of at least 4 members (excludes halogenated alkanes) is 1. The van der Waals surface area contributed by atoms with E-state index >= 15 is 0 Å². The molecule has 2 amide bonds. The molecule has 0 aromatic heterocycles. The zero-order chi connectivity index (χ0) is 30.1. The van der Waals surface area contributed by atoms with Crippen LogP contribution in [0.2, 0.25) is 0 Å². The van der Waals surface area contributed by atoms with Crippen LogP contribution >= 0.6 is 21.6 Å². The predicted octanol–water partition coefficient (Wildman–Crippen LogP) is 6.26. The molecule has 0 aliphatic carbocycles. The topological polar surface area (TPSA) is 104 Å². The maximum absolute atomic E-state index is 11.9. The van der Waals surface area contributed by atoms with Crippen molar-refractivity contribution in [3.05, 3.63) is 0 Å². The van der Waals surface area contributed by atoms with Crippen LogP contribution in [0.1, 0.15) is 80.6 Å². The Kier molecular flexibility index (Phi) is 24.6. The van der Waals surface area contributed by atoms with Crippen LogP contribution in [0, 0.1) is 23.7 Å². The molecule has 0 saturated carbocycles. The lowest BCUT2D eigenvalue weighted by atomic mass is 10.1. The number of ether oxygens (including phenoxy) is 5. The monoisotopic (exact) mass is 606 g/mol. The lowest BCUT2D eigenvalue weighted by Crippen LogP contribution is -2.29. The average Bonchev–Trinajstić information content (AvgIpc) is 2.88. The largest absolute Gasteiger partial charge is 0.450 e. The average molecular weight is 607 g/mol. The normalized spacial score (nSPS) is 12.1. The van der Waals surface area contributed by atoms with Crippen LogP contribution in [0.25, 0.3) is 0 Å². The summed E-state index contributed by atoms with van der Waals surface area (Å²) in [5.41, 5.74) is 0.0164. The Morgan fingerprint density at radius 2 is 1.45 bits per heavy atom. The van der Waals surface area contributed by atoms with E-state index in [0.29, 0.717) is 58.6 Å². The number of carbonyl (C=O) groups is 2. The van der Waals surface area contributed by atoms with Crippen LogP contribution in [-0.2, 0) is 23.7 Å². The smallest absolute Gasteiger partial charge is 0.407 e. The molecule has 1 atom stereocenters. The van der Waals surface area contributed by atoms with Gasteiger partial charge in [0.05, 0.1) is 39.6 Å². The molecule has 0 aromatic rings. The Morgan fingerprint density at radius 3 is 2.15 bits per heavy atom. The molecule has 0 aliphatic rings. The molecule has 0 fully saturated rings. The Hall–Kier alpha value is -1.32. The Bertz CT molecular complexity index is 712. The number of hydrogen-bond acceptors (Lipinski definition) is 9. The number of nitrogens with one attached hydrogen (secondary N) is 2. The summed E-state index contributed by atoms with van der Waals surface area (Å²) >= 11 is 0. The second-order valence-corrected chi connectivity index (χ2v) is 13.8. The van der Waals surface area contributed by atoms with E-state index in [1.54, 1.807) is 21.6 Å². The van der Waals surface area contributed by atoms with Crippen LogP contribution in [-0.4, -0.2) is 81.7 Å². The highest BCUT2D eigenvalue weighted by atomic mass is 33.1. The summed E-state index contributed by atoms with van der Waals surface area (Å²) in [6.45, 7) is 18.9. The Labute approximate surface area is 251 Å². The summed E-state index contributed by atoms with van der Waals surface area (Å²) in [7, 11) is 3.37. The number of hydrogen-bond donors (Lipinski definition) is 2.